The van der Waals surface area contributed by atoms with Crippen LogP contribution in [0.25, 0.3) is 0 Å². The Bertz CT molecular complexity index is 775. The molecule has 6 amide bonds. The minimum absolute atomic E-state index is 0.00154. The van der Waals surface area contributed by atoms with E-state index in [9.17, 15) is 24.0 Å². The van der Waals surface area contributed by atoms with Gasteiger partial charge < -0.3 is 15.8 Å². The number of nitrogens with zero attached hydrogens (tertiary/aromatic N) is 1. The van der Waals surface area contributed by atoms with E-state index in [0.717, 1.165) is 4.90 Å². The van der Waals surface area contributed by atoms with Gasteiger partial charge in [0, 0.05) is 0 Å². The molecule has 27 heavy (non-hydrogen) atoms. The predicted octanol–water partition coefficient (Wildman–Crippen LogP) is 0.115. The minimum Gasteiger partial charge on any atom is -0.448 e. The summed E-state index contributed by atoms with van der Waals surface area (Å²) in [5.74, 6) is -2.37. The van der Waals surface area contributed by atoms with Crippen LogP contribution >= 0.6 is 0 Å². The van der Waals surface area contributed by atoms with E-state index in [1.807, 2.05) is 5.32 Å². The number of ether oxygens (including phenoxy) is 1. The molecule has 10 heteroatoms. The highest BCUT2D eigenvalue weighted by molar-refractivity contribution is 6.02. The average Bonchev–Trinajstić information content (AvgIpc) is 2.90. The highest BCUT2D eigenvalue weighted by Crippen LogP contribution is 2.15. The van der Waals surface area contributed by atoms with E-state index in [0.29, 0.717) is 5.56 Å². The van der Waals surface area contributed by atoms with Gasteiger partial charge in [0.05, 0.1) is 18.7 Å². The van der Waals surface area contributed by atoms with Crippen molar-refractivity contribution >= 4 is 29.8 Å². The SMILES string of the molecule is CC(C)C(OC(=O)c1cccc(CN2C(=O)CNC2=O)c1)C(=O)NC(N)=O. The first-order valence-corrected chi connectivity index (χ1v) is 8.17. The van der Waals surface area contributed by atoms with E-state index in [2.05, 4.69) is 5.32 Å². The van der Waals surface area contributed by atoms with Crippen LogP contribution in [-0.4, -0.2) is 47.4 Å². The Balaban J connectivity index is 2.11. The van der Waals surface area contributed by atoms with Gasteiger partial charge in [-0.05, 0) is 23.6 Å². The Morgan fingerprint density at radius 1 is 1.30 bits per heavy atom. The Morgan fingerprint density at radius 3 is 2.56 bits per heavy atom. The summed E-state index contributed by atoms with van der Waals surface area (Å²) in [4.78, 5) is 59.5. The smallest absolute Gasteiger partial charge is 0.338 e. The van der Waals surface area contributed by atoms with Crippen molar-refractivity contribution in [1.82, 2.24) is 15.5 Å². The quantitative estimate of drug-likeness (QED) is 0.474. The minimum atomic E-state index is -1.21. The first kappa shape index (κ1) is 19.9. The van der Waals surface area contributed by atoms with Gasteiger partial charge in [-0.2, -0.15) is 0 Å². The van der Waals surface area contributed by atoms with Gasteiger partial charge in [-0.15, -0.1) is 0 Å². The fraction of sp³-hybridized carbons (Fsp3) is 0.353. The van der Waals surface area contributed by atoms with Gasteiger partial charge >= 0.3 is 18.0 Å². The normalized spacial score (nSPS) is 14.7. The molecular formula is C17H20N4O6. The molecule has 1 heterocycles. The molecule has 0 spiro atoms. The van der Waals surface area contributed by atoms with Crippen molar-refractivity contribution in [3.63, 3.8) is 0 Å². The third-order valence-electron chi connectivity index (χ3n) is 3.78. The zero-order valence-corrected chi connectivity index (χ0v) is 14.9. The van der Waals surface area contributed by atoms with Crippen molar-refractivity contribution in [3.8, 4) is 0 Å². The first-order chi connectivity index (χ1) is 12.7. The number of primary amides is 1. The number of imide groups is 2. The summed E-state index contributed by atoms with van der Waals surface area (Å²) in [6, 6.07) is 4.60. The lowest BCUT2D eigenvalue weighted by molar-refractivity contribution is -0.131. The van der Waals surface area contributed by atoms with E-state index in [4.69, 9.17) is 10.5 Å². The molecule has 0 bridgehead atoms. The van der Waals surface area contributed by atoms with E-state index in [-0.39, 0.29) is 24.6 Å². The molecule has 1 aliphatic rings. The van der Waals surface area contributed by atoms with Crippen LogP contribution in [0.1, 0.15) is 29.8 Å². The van der Waals surface area contributed by atoms with Crippen LogP contribution in [0.5, 0.6) is 0 Å². The topological polar surface area (TPSA) is 148 Å². The molecule has 4 N–H and O–H groups in total. The van der Waals surface area contributed by atoms with Crippen LogP contribution in [0.4, 0.5) is 9.59 Å². The van der Waals surface area contributed by atoms with Crippen molar-refractivity contribution < 1.29 is 28.7 Å². The second kappa shape index (κ2) is 8.30. The maximum atomic E-state index is 12.4. The highest BCUT2D eigenvalue weighted by Gasteiger charge is 2.30. The lowest BCUT2D eigenvalue weighted by Crippen LogP contribution is -2.45. The van der Waals surface area contributed by atoms with Crippen LogP contribution in [0, 0.1) is 5.92 Å². The van der Waals surface area contributed by atoms with E-state index in [1.54, 1.807) is 26.0 Å². The number of rotatable bonds is 6. The Hall–Kier alpha value is -3.43. The highest BCUT2D eigenvalue weighted by atomic mass is 16.5. The number of carbonyl (C=O) groups excluding carboxylic acids is 5. The lowest BCUT2D eigenvalue weighted by Gasteiger charge is -2.20. The maximum absolute atomic E-state index is 12.4. The number of benzene rings is 1. The van der Waals surface area contributed by atoms with Crippen molar-refractivity contribution in [2.24, 2.45) is 11.7 Å². The molecule has 1 unspecified atom stereocenters. The Morgan fingerprint density at radius 2 is 2.00 bits per heavy atom. The van der Waals surface area contributed by atoms with Crippen LogP contribution in [0.15, 0.2) is 24.3 Å². The van der Waals surface area contributed by atoms with Gasteiger partial charge in [0.2, 0.25) is 5.91 Å². The molecule has 1 saturated heterocycles. The van der Waals surface area contributed by atoms with Gasteiger partial charge in [-0.1, -0.05) is 26.0 Å². The molecule has 144 valence electrons. The van der Waals surface area contributed by atoms with Crippen molar-refractivity contribution in [3.05, 3.63) is 35.4 Å². The third kappa shape index (κ3) is 5.03. The van der Waals surface area contributed by atoms with E-state index >= 15 is 0 Å². The fourth-order valence-electron chi connectivity index (χ4n) is 2.46. The average molecular weight is 376 g/mol. The standard InChI is InChI=1S/C17H20N4O6/c1-9(2)13(14(23)20-16(18)25)27-15(24)11-5-3-4-10(6-11)8-21-12(22)7-19-17(21)26/h3-6,9,13H,7-8H2,1-2H3,(H,19,26)(H3,18,20,23,25). The zero-order chi connectivity index (χ0) is 20.1. The van der Waals surface area contributed by atoms with Crippen LogP contribution < -0.4 is 16.4 Å². The number of hydrogen-bond donors (Lipinski definition) is 3. The maximum Gasteiger partial charge on any atom is 0.338 e. The lowest BCUT2D eigenvalue weighted by atomic mass is 10.1. The van der Waals surface area contributed by atoms with E-state index < -0.39 is 36.0 Å². The summed E-state index contributed by atoms with van der Waals surface area (Å²) in [5.41, 5.74) is 5.59. The second-order valence-corrected chi connectivity index (χ2v) is 6.26. The third-order valence-corrected chi connectivity index (χ3v) is 3.78. The summed E-state index contributed by atoms with van der Waals surface area (Å²) in [6.45, 7) is 3.23. The van der Waals surface area contributed by atoms with Crippen LogP contribution in [0.3, 0.4) is 0 Å². The second-order valence-electron chi connectivity index (χ2n) is 6.26. The van der Waals surface area contributed by atoms with Gasteiger partial charge in [0.15, 0.2) is 6.10 Å². The van der Waals surface area contributed by atoms with Gasteiger partial charge in [0.1, 0.15) is 0 Å². The molecule has 1 atom stereocenters. The van der Waals surface area contributed by atoms with Crippen LogP contribution in [0.2, 0.25) is 0 Å². The molecule has 0 saturated carbocycles. The number of nitrogens with two attached hydrogens (primary N) is 1. The molecule has 0 aliphatic carbocycles. The van der Waals surface area contributed by atoms with E-state index in [1.165, 1.54) is 12.1 Å². The Kier molecular flexibility index (Phi) is 6.11. The Labute approximate surface area is 155 Å². The number of urea groups is 2. The van der Waals surface area contributed by atoms with Crippen molar-refractivity contribution in [2.45, 2.75) is 26.5 Å². The summed E-state index contributed by atoms with van der Waals surface area (Å²) in [5, 5.41) is 4.29. The van der Waals surface area contributed by atoms with Gasteiger partial charge in [0.25, 0.3) is 5.91 Å². The molecule has 10 nitrogen and oxygen atoms in total. The van der Waals surface area contributed by atoms with Gasteiger partial charge in [-0.25, -0.2) is 14.4 Å². The largest absolute Gasteiger partial charge is 0.448 e. The summed E-state index contributed by atoms with van der Waals surface area (Å²) >= 11 is 0. The molecule has 1 aromatic rings. The van der Waals surface area contributed by atoms with Crippen molar-refractivity contribution in [1.29, 1.82) is 0 Å². The fourth-order valence-corrected chi connectivity index (χ4v) is 2.46. The molecular weight excluding hydrogens is 356 g/mol. The monoisotopic (exact) mass is 376 g/mol. The summed E-state index contributed by atoms with van der Waals surface area (Å²) in [7, 11) is 0. The van der Waals surface area contributed by atoms with Crippen LogP contribution in [-0.2, 0) is 20.9 Å². The summed E-state index contributed by atoms with van der Waals surface area (Å²) < 4.78 is 5.21. The molecule has 2 rings (SSSR count). The molecule has 1 fully saturated rings. The van der Waals surface area contributed by atoms with Gasteiger partial charge in [-0.3, -0.25) is 19.8 Å². The molecule has 0 aromatic heterocycles. The predicted molar refractivity (Wildman–Crippen MR) is 92.2 cm³/mol. The van der Waals surface area contributed by atoms with Crippen molar-refractivity contribution in [2.75, 3.05) is 6.54 Å². The molecule has 1 aromatic carbocycles. The molecule has 1 aliphatic heterocycles. The number of carbonyl (C=O) groups is 5. The zero-order valence-electron chi connectivity index (χ0n) is 14.9. The summed E-state index contributed by atoms with van der Waals surface area (Å²) in [6.07, 6.45) is -1.21. The number of esters is 1. The number of nitrogens with one attached hydrogen (secondary N) is 2. The first-order valence-electron chi connectivity index (χ1n) is 8.17. The molecule has 0 radical (unpaired) electrons. The number of amides is 6. The number of hydrogen-bond acceptors (Lipinski definition) is 6.